The van der Waals surface area contributed by atoms with Crippen LogP contribution in [0, 0.1) is 5.92 Å². The molecule has 1 N–H and O–H groups in total. The second-order valence-corrected chi connectivity index (χ2v) is 4.33. The predicted molar refractivity (Wildman–Crippen MR) is 81.4 cm³/mol. The molecule has 0 aliphatic heterocycles. The number of rotatable bonds is 3. The van der Waals surface area contributed by atoms with Crippen molar-refractivity contribution in [1.29, 1.82) is 0 Å². The van der Waals surface area contributed by atoms with Crippen molar-refractivity contribution < 1.29 is 5.11 Å². The van der Waals surface area contributed by atoms with Gasteiger partial charge in [-0.1, -0.05) is 51.8 Å². The molecule has 0 aliphatic carbocycles. The predicted octanol–water partition coefficient (Wildman–Crippen LogP) is 5.36. The first kappa shape index (κ1) is 21.7. The Kier molecular flexibility index (Phi) is 19.7. The lowest BCUT2D eigenvalue weighted by molar-refractivity contribution is 0.317. The molecule has 0 saturated carbocycles. The lowest BCUT2D eigenvalue weighted by Gasteiger charge is -2.09. The van der Waals surface area contributed by atoms with Crippen molar-refractivity contribution in [2.24, 2.45) is 5.92 Å². The van der Waals surface area contributed by atoms with Gasteiger partial charge in [0.15, 0.2) is 0 Å². The van der Waals surface area contributed by atoms with E-state index in [4.69, 9.17) is 5.11 Å². The van der Waals surface area contributed by atoms with Crippen molar-refractivity contribution in [2.75, 3.05) is 6.61 Å². The van der Waals surface area contributed by atoms with E-state index in [1.165, 1.54) is 17.6 Å². The number of allylic oxidation sites excluding steroid dienone is 3. The summed E-state index contributed by atoms with van der Waals surface area (Å²) in [5, 5.41) is 8.81. The standard InChI is InChI=1S/C8H16O.C6H12.C2H6/c1-6(2)8(5-9)7(3)4;1-4-6(3)5-2;1-2/h6,9H,5H2,1-4H3;4H,5H2,1-3H3;1-2H3/b;6-4+;. The van der Waals surface area contributed by atoms with Gasteiger partial charge in [0.25, 0.3) is 0 Å². The van der Waals surface area contributed by atoms with Crippen molar-refractivity contribution in [3.63, 3.8) is 0 Å². The second-order valence-electron chi connectivity index (χ2n) is 4.33. The minimum atomic E-state index is 0.208. The molecule has 0 aliphatic rings. The van der Waals surface area contributed by atoms with Gasteiger partial charge in [-0.2, -0.15) is 0 Å². The van der Waals surface area contributed by atoms with Gasteiger partial charge >= 0.3 is 0 Å². The summed E-state index contributed by atoms with van der Waals surface area (Å²) in [4.78, 5) is 0. The molecule has 0 rings (SSSR count). The van der Waals surface area contributed by atoms with Crippen LogP contribution in [0.4, 0.5) is 0 Å². The van der Waals surface area contributed by atoms with E-state index >= 15 is 0 Å². The normalized spacial score (nSPS) is 9.94. The van der Waals surface area contributed by atoms with Gasteiger partial charge in [-0.3, -0.25) is 0 Å². The SMILES string of the molecule is C/C=C(\C)CC.CC.CC(C)=C(CO)C(C)C. The largest absolute Gasteiger partial charge is 0.392 e. The molecule has 0 fully saturated rings. The van der Waals surface area contributed by atoms with Crippen molar-refractivity contribution >= 4 is 0 Å². The Bertz CT molecular complexity index is 206. The maximum atomic E-state index is 8.81. The molecular formula is C16H34O. The third-order valence-electron chi connectivity index (χ3n) is 2.56. The highest BCUT2D eigenvalue weighted by Gasteiger charge is 2.01. The topological polar surface area (TPSA) is 20.2 Å². The minimum Gasteiger partial charge on any atom is -0.392 e. The van der Waals surface area contributed by atoms with E-state index in [0.29, 0.717) is 5.92 Å². The molecule has 1 heteroatoms. The number of aliphatic hydroxyl groups excluding tert-OH is 1. The molecule has 17 heavy (non-hydrogen) atoms. The average Bonchev–Trinajstić information content (AvgIpc) is 2.31. The monoisotopic (exact) mass is 242 g/mol. The van der Waals surface area contributed by atoms with E-state index in [2.05, 4.69) is 40.7 Å². The minimum absolute atomic E-state index is 0.208. The molecule has 0 heterocycles. The number of hydrogen-bond acceptors (Lipinski definition) is 1. The van der Waals surface area contributed by atoms with E-state index in [9.17, 15) is 0 Å². The van der Waals surface area contributed by atoms with E-state index in [0.717, 1.165) is 5.57 Å². The molecule has 0 unspecified atom stereocenters. The second kappa shape index (κ2) is 15.4. The van der Waals surface area contributed by atoms with E-state index in [1.807, 2.05) is 27.7 Å². The van der Waals surface area contributed by atoms with Gasteiger partial charge in [-0.15, -0.1) is 0 Å². The Morgan fingerprint density at radius 1 is 1.12 bits per heavy atom. The van der Waals surface area contributed by atoms with Crippen molar-refractivity contribution in [3.8, 4) is 0 Å². The van der Waals surface area contributed by atoms with Gasteiger partial charge in [0.1, 0.15) is 0 Å². The molecule has 0 bridgehead atoms. The summed E-state index contributed by atoms with van der Waals surface area (Å²) in [5.41, 5.74) is 3.87. The Hall–Kier alpha value is -0.560. The summed E-state index contributed by atoms with van der Waals surface area (Å²) in [5.74, 6) is 0.486. The van der Waals surface area contributed by atoms with Crippen LogP contribution in [0.5, 0.6) is 0 Å². The molecule has 0 spiro atoms. The zero-order valence-electron chi connectivity index (χ0n) is 13.5. The van der Waals surface area contributed by atoms with E-state index in [-0.39, 0.29) is 6.61 Å². The fourth-order valence-corrected chi connectivity index (χ4v) is 1.12. The third-order valence-corrected chi connectivity index (χ3v) is 2.56. The Balaban J connectivity index is -0.000000213. The summed E-state index contributed by atoms with van der Waals surface area (Å²) in [6, 6.07) is 0. The molecule has 0 saturated heterocycles. The molecular weight excluding hydrogens is 208 g/mol. The van der Waals surface area contributed by atoms with Gasteiger partial charge in [-0.25, -0.2) is 0 Å². The maximum absolute atomic E-state index is 8.81. The number of aliphatic hydroxyl groups is 1. The van der Waals surface area contributed by atoms with Crippen LogP contribution < -0.4 is 0 Å². The summed E-state index contributed by atoms with van der Waals surface area (Å²) < 4.78 is 0. The first-order valence-corrected chi connectivity index (χ1v) is 6.79. The summed E-state index contributed by atoms with van der Waals surface area (Å²) in [6.45, 7) is 18.8. The van der Waals surface area contributed by atoms with Crippen LogP contribution in [-0.4, -0.2) is 11.7 Å². The first-order valence-electron chi connectivity index (χ1n) is 6.79. The van der Waals surface area contributed by atoms with Gasteiger partial charge in [0.05, 0.1) is 6.61 Å². The first-order chi connectivity index (χ1) is 7.90. The van der Waals surface area contributed by atoms with E-state index < -0.39 is 0 Å². The number of hydrogen-bond donors (Lipinski definition) is 1. The summed E-state index contributed by atoms with van der Waals surface area (Å²) in [7, 11) is 0. The van der Waals surface area contributed by atoms with Crippen LogP contribution in [0.3, 0.4) is 0 Å². The third kappa shape index (κ3) is 15.4. The fraction of sp³-hybridized carbons (Fsp3) is 0.750. The van der Waals surface area contributed by atoms with Gasteiger partial charge in [0.2, 0.25) is 0 Å². The van der Waals surface area contributed by atoms with Crippen molar-refractivity contribution in [2.45, 2.75) is 68.7 Å². The lowest BCUT2D eigenvalue weighted by Crippen LogP contribution is -2.00. The fourth-order valence-electron chi connectivity index (χ4n) is 1.12. The Labute approximate surface area is 110 Å². The van der Waals surface area contributed by atoms with Gasteiger partial charge in [0, 0.05) is 0 Å². The van der Waals surface area contributed by atoms with Crippen molar-refractivity contribution in [1.82, 2.24) is 0 Å². The van der Waals surface area contributed by atoms with Crippen LogP contribution >= 0.6 is 0 Å². The van der Waals surface area contributed by atoms with Crippen LogP contribution in [0.2, 0.25) is 0 Å². The Morgan fingerprint density at radius 3 is 1.53 bits per heavy atom. The summed E-state index contributed by atoms with van der Waals surface area (Å²) >= 11 is 0. The van der Waals surface area contributed by atoms with Crippen LogP contribution in [0.25, 0.3) is 0 Å². The zero-order valence-corrected chi connectivity index (χ0v) is 13.5. The van der Waals surface area contributed by atoms with Crippen LogP contribution in [0.15, 0.2) is 22.8 Å². The quantitative estimate of drug-likeness (QED) is 0.660. The van der Waals surface area contributed by atoms with Crippen LogP contribution in [0.1, 0.15) is 68.7 Å². The van der Waals surface area contributed by atoms with Gasteiger partial charge < -0.3 is 5.11 Å². The zero-order chi connectivity index (χ0) is 14.4. The highest BCUT2D eigenvalue weighted by Crippen LogP contribution is 2.12. The molecule has 0 atom stereocenters. The molecule has 1 nitrogen and oxygen atoms in total. The molecule has 0 radical (unpaired) electrons. The Morgan fingerprint density at radius 2 is 1.53 bits per heavy atom. The lowest BCUT2D eigenvalue weighted by atomic mass is 10.00. The van der Waals surface area contributed by atoms with Gasteiger partial charge in [-0.05, 0) is 45.6 Å². The molecule has 0 aromatic heterocycles. The maximum Gasteiger partial charge on any atom is 0.0646 e. The summed E-state index contributed by atoms with van der Waals surface area (Å²) in [6.07, 6.45) is 3.33. The van der Waals surface area contributed by atoms with E-state index in [1.54, 1.807) is 0 Å². The highest BCUT2D eigenvalue weighted by molar-refractivity contribution is 5.11. The van der Waals surface area contributed by atoms with Crippen LogP contribution in [-0.2, 0) is 0 Å². The molecule has 0 aromatic carbocycles. The molecule has 104 valence electrons. The highest BCUT2D eigenvalue weighted by atomic mass is 16.3. The molecule has 0 aromatic rings. The molecule has 0 amide bonds. The van der Waals surface area contributed by atoms with Crippen molar-refractivity contribution in [3.05, 3.63) is 22.8 Å². The smallest absolute Gasteiger partial charge is 0.0646 e. The average molecular weight is 242 g/mol.